The SMILES string of the molecule is C=CC=C(C)Oc1ccnc2cc(OCCCOC(C)COC)c(OC)cc12. The van der Waals surface area contributed by atoms with Crippen molar-refractivity contribution in [1.29, 1.82) is 0 Å². The first-order valence-corrected chi connectivity index (χ1v) is 9.26. The first-order chi connectivity index (χ1) is 13.6. The van der Waals surface area contributed by atoms with Gasteiger partial charge in [0.25, 0.3) is 0 Å². The van der Waals surface area contributed by atoms with Gasteiger partial charge in [-0.3, -0.25) is 4.98 Å². The highest BCUT2D eigenvalue weighted by Gasteiger charge is 2.12. The summed E-state index contributed by atoms with van der Waals surface area (Å²) in [4.78, 5) is 4.43. The van der Waals surface area contributed by atoms with Crippen molar-refractivity contribution in [3.05, 3.63) is 48.9 Å². The highest BCUT2D eigenvalue weighted by atomic mass is 16.5. The fourth-order valence-corrected chi connectivity index (χ4v) is 2.67. The molecule has 2 aromatic rings. The van der Waals surface area contributed by atoms with Crippen molar-refractivity contribution in [2.45, 2.75) is 26.4 Å². The number of fused-ring (bicyclic) bond motifs is 1. The average molecular weight is 387 g/mol. The molecule has 6 nitrogen and oxygen atoms in total. The summed E-state index contributed by atoms with van der Waals surface area (Å²) < 4.78 is 28.0. The molecule has 1 aromatic heterocycles. The van der Waals surface area contributed by atoms with Crippen molar-refractivity contribution < 1.29 is 23.7 Å². The molecule has 0 fully saturated rings. The molecule has 0 saturated carbocycles. The predicted octanol–water partition coefficient (Wildman–Crippen LogP) is 4.53. The van der Waals surface area contributed by atoms with Crippen LogP contribution in [-0.4, -0.2) is 45.1 Å². The summed E-state index contributed by atoms with van der Waals surface area (Å²) in [6.45, 7) is 9.23. The van der Waals surface area contributed by atoms with Gasteiger partial charge in [-0.05, 0) is 32.1 Å². The molecule has 0 aliphatic heterocycles. The van der Waals surface area contributed by atoms with Gasteiger partial charge in [0.1, 0.15) is 11.5 Å². The largest absolute Gasteiger partial charge is 0.493 e. The van der Waals surface area contributed by atoms with Gasteiger partial charge in [0, 0.05) is 31.2 Å². The summed E-state index contributed by atoms with van der Waals surface area (Å²) in [5, 5.41) is 0.847. The van der Waals surface area contributed by atoms with Crippen LogP contribution in [0.25, 0.3) is 10.9 Å². The molecule has 2 rings (SSSR count). The van der Waals surface area contributed by atoms with Gasteiger partial charge in [-0.1, -0.05) is 12.7 Å². The normalized spacial score (nSPS) is 12.6. The number of nitrogens with zero attached hydrogens (tertiary/aromatic N) is 1. The summed E-state index contributed by atoms with van der Waals surface area (Å²) in [6.07, 6.45) is 6.03. The van der Waals surface area contributed by atoms with Crippen LogP contribution in [-0.2, 0) is 9.47 Å². The van der Waals surface area contributed by atoms with Crippen LogP contribution in [0, 0.1) is 0 Å². The van der Waals surface area contributed by atoms with Crippen LogP contribution in [0.1, 0.15) is 20.3 Å². The van der Waals surface area contributed by atoms with Gasteiger partial charge in [0.2, 0.25) is 0 Å². The van der Waals surface area contributed by atoms with Gasteiger partial charge in [-0.2, -0.15) is 0 Å². The molecule has 0 N–H and O–H groups in total. The standard InChI is InChI=1S/C22H29NO5/c1-6-8-16(2)28-20-9-10-23-19-14-22(21(25-5)13-18(19)20)27-12-7-11-26-17(3)15-24-4/h6,8-10,13-14,17H,1,7,11-12,15H2,2-5H3. The second-order valence-electron chi connectivity index (χ2n) is 6.28. The molecular weight excluding hydrogens is 358 g/mol. The van der Waals surface area contributed by atoms with Crippen molar-refractivity contribution in [2.75, 3.05) is 34.0 Å². The molecule has 0 saturated heterocycles. The van der Waals surface area contributed by atoms with Crippen molar-refractivity contribution >= 4 is 10.9 Å². The number of hydrogen-bond donors (Lipinski definition) is 0. The Morgan fingerprint density at radius 1 is 1.18 bits per heavy atom. The van der Waals surface area contributed by atoms with Gasteiger partial charge in [-0.15, -0.1) is 0 Å². The van der Waals surface area contributed by atoms with E-state index in [1.54, 1.807) is 32.6 Å². The van der Waals surface area contributed by atoms with E-state index in [0.717, 1.165) is 23.1 Å². The lowest BCUT2D eigenvalue weighted by molar-refractivity contribution is 0.00502. The third-order valence-corrected chi connectivity index (χ3v) is 3.96. The van der Waals surface area contributed by atoms with Crippen LogP contribution >= 0.6 is 0 Å². The van der Waals surface area contributed by atoms with E-state index >= 15 is 0 Å². The van der Waals surface area contributed by atoms with Gasteiger partial charge in [0.15, 0.2) is 11.5 Å². The molecule has 0 aliphatic rings. The summed E-state index contributed by atoms with van der Waals surface area (Å²) >= 11 is 0. The van der Waals surface area contributed by atoms with Gasteiger partial charge in [0.05, 0.1) is 38.6 Å². The Morgan fingerprint density at radius 2 is 2.00 bits per heavy atom. The third kappa shape index (κ3) is 6.25. The van der Waals surface area contributed by atoms with Gasteiger partial charge >= 0.3 is 0 Å². The molecule has 28 heavy (non-hydrogen) atoms. The van der Waals surface area contributed by atoms with Crippen molar-refractivity contribution in [3.63, 3.8) is 0 Å². The number of pyridine rings is 1. The zero-order valence-electron chi connectivity index (χ0n) is 17.1. The van der Waals surface area contributed by atoms with Crippen molar-refractivity contribution in [2.24, 2.45) is 0 Å². The van der Waals surface area contributed by atoms with Gasteiger partial charge in [-0.25, -0.2) is 0 Å². The Labute approximate surface area is 166 Å². The third-order valence-electron chi connectivity index (χ3n) is 3.96. The monoisotopic (exact) mass is 387 g/mol. The van der Waals surface area contributed by atoms with Crippen LogP contribution in [0.15, 0.2) is 48.9 Å². The van der Waals surface area contributed by atoms with Crippen LogP contribution in [0.4, 0.5) is 0 Å². The highest BCUT2D eigenvalue weighted by molar-refractivity contribution is 5.88. The molecule has 1 aromatic carbocycles. The van der Waals surface area contributed by atoms with Crippen molar-refractivity contribution in [3.8, 4) is 17.2 Å². The first-order valence-electron chi connectivity index (χ1n) is 9.26. The van der Waals surface area contributed by atoms with Crippen molar-refractivity contribution in [1.82, 2.24) is 4.98 Å². The van der Waals surface area contributed by atoms with Crippen LogP contribution in [0.2, 0.25) is 0 Å². The summed E-state index contributed by atoms with van der Waals surface area (Å²) in [7, 11) is 3.28. The predicted molar refractivity (Wildman–Crippen MR) is 110 cm³/mol. The minimum Gasteiger partial charge on any atom is -0.493 e. The maximum absolute atomic E-state index is 5.90. The van der Waals surface area contributed by atoms with E-state index in [9.17, 15) is 0 Å². The lowest BCUT2D eigenvalue weighted by Gasteiger charge is -2.15. The fourth-order valence-electron chi connectivity index (χ4n) is 2.67. The van der Waals surface area contributed by atoms with E-state index in [1.165, 1.54) is 0 Å². The number of methoxy groups -OCH3 is 2. The molecule has 152 valence electrons. The zero-order valence-corrected chi connectivity index (χ0v) is 17.1. The number of rotatable bonds is 12. The summed E-state index contributed by atoms with van der Waals surface area (Å²) in [5.74, 6) is 2.71. The Morgan fingerprint density at radius 3 is 2.71 bits per heavy atom. The maximum atomic E-state index is 5.90. The molecule has 1 unspecified atom stereocenters. The van der Waals surface area contributed by atoms with Crippen LogP contribution in [0.3, 0.4) is 0 Å². The summed E-state index contributed by atoms with van der Waals surface area (Å²) in [6, 6.07) is 5.56. The molecule has 6 heteroatoms. The van der Waals surface area contributed by atoms with E-state index in [2.05, 4.69) is 11.6 Å². The van der Waals surface area contributed by atoms with Crippen LogP contribution < -0.4 is 14.2 Å². The van der Waals surface area contributed by atoms with E-state index in [-0.39, 0.29) is 6.10 Å². The van der Waals surface area contributed by atoms with E-state index < -0.39 is 0 Å². The molecule has 0 amide bonds. The Kier molecular flexibility index (Phi) is 8.78. The Balaban J connectivity index is 2.08. The molecule has 0 radical (unpaired) electrons. The highest BCUT2D eigenvalue weighted by Crippen LogP contribution is 2.36. The lowest BCUT2D eigenvalue weighted by atomic mass is 10.2. The molecule has 0 spiro atoms. The van der Waals surface area contributed by atoms with E-state index in [1.807, 2.05) is 32.0 Å². The van der Waals surface area contributed by atoms with E-state index in [4.69, 9.17) is 23.7 Å². The maximum Gasteiger partial charge on any atom is 0.163 e. The number of ether oxygens (including phenoxy) is 5. The smallest absolute Gasteiger partial charge is 0.163 e. The Hall–Kier alpha value is -2.57. The molecule has 1 atom stereocenters. The van der Waals surface area contributed by atoms with Gasteiger partial charge < -0.3 is 23.7 Å². The van der Waals surface area contributed by atoms with E-state index in [0.29, 0.717) is 37.1 Å². The lowest BCUT2D eigenvalue weighted by Crippen LogP contribution is -2.16. The second-order valence-corrected chi connectivity index (χ2v) is 6.28. The fraction of sp³-hybridized carbons (Fsp3) is 0.409. The Bertz CT molecular complexity index is 803. The zero-order chi connectivity index (χ0) is 20.4. The summed E-state index contributed by atoms with van der Waals surface area (Å²) in [5.41, 5.74) is 0.768. The molecular formula is C22H29NO5. The number of allylic oxidation sites excluding steroid dienone is 3. The van der Waals surface area contributed by atoms with Crippen LogP contribution in [0.5, 0.6) is 17.2 Å². The number of hydrogen-bond acceptors (Lipinski definition) is 6. The topological polar surface area (TPSA) is 59.0 Å². The molecule has 0 aliphatic carbocycles. The minimum atomic E-state index is 0.0708. The second kappa shape index (κ2) is 11.3. The average Bonchev–Trinajstić information content (AvgIpc) is 2.67. The number of benzene rings is 1. The quantitative estimate of drug-likeness (QED) is 0.303. The number of aromatic nitrogens is 1. The molecule has 1 heterocycles. The molecule has 0 bridgehead atoms. The minimum absolute atomic E-state index is 0.0708. The first kappa shape index (κ1) is 21.7.